The molecule has 0 bridgehead atoms. The van der Waals surface area contributed by atoms with E-state index in [1.807, 2.05) is 73.6 Å². The molecule has 5 nitrogen and oxygen atoms in total. The first-order chi connectivity index (χ1) is 13.4. The molecule has 0 unspecified atom stereocenters. The fourth-order valence-electron chi connectivity index (χ4n) is 2.89. The first-order valence-corrected chi connectivity index (χ1v) is 9.90. The molecule has 0 spiro atoms. The quantitative estimate of drug-likeness (QED) is 0.577. The molecule has 0 aromatic heterocycles. The third-order valence-corrected chi connectivity index (χ3v) is 5.73. The Morgan fingerprint density at radius 2 is 1.82 bits per heavy atom. The van der Waals surface area contributed by atoms with Gasteiger partial charge in [-0.15, -0.1) is 0 Å². The number of carboxylic acid groups (broad SMARTS) is 1. The number of carbonyl (C=O) groups excluding carboxylic acids is 1. The standard InChI is InChI=1S/C21H20N2O3S2/c1-22(2)16-10-8-15(9-11-16)13-18-19(24)23(21(27)28-18)17(20(25)26)12-14-6-4-3-5-7-14/h3-11,13,17H,12H2,1-2H3,(H,25,26)/b18-13+/t17-/m1/s1. The highest BCUT2D eigenvalue weighted by molar-refractivity contribution is 8.26. The van der Waals surface area contributed by atoms with Gasteiger partial charge in [-0.25, -0.2) is 4.79 Å². The van der Waals surface area contributed by atoms with Crippen LogP contribution in [0.4, 0.5) is 5.69 Å². The summed E-state index contributed by atoms with van der Waals surface area (Å²) in [6, 6.07) is 16.0. The Morgan fingerprint density at radius 1 is 1.18 bits per heavy atom. The number of anilines is 1. The number of aliphatic carboxylic acids is 1. The molecule has 1 fully saturated rings. The van der Waals surface area contributed by atoms with E-state index in [1.165, 1.54) is 4.90 Å². The summed E-state index contributed by atoms with van der Waals surface area (Å²) in [7, 11) is 3.91. The van der Waals surface area contributed by atoms with E-state index in [0.29, 0.717) is 4.91 Å². The topological polar surface area (TPSA) is 60.9 Å². The second-order valence-corrected chi connectivity index (χ2v) is 8.26. The summed E-state index contributed by atoms with van der Waals surface area (Å²) in [5.74, 6) is -1.44. The lowest BCUT2D eigenvalue weighted by Crippen LogP contribution is -2.45. The molecule has 1 amide bonds. The van der Waals surface area contributed by atoms with Crippen molar-refractivity contribution in [3.8, 4) is 0 Å². The zero-order valence-corrected chi connectivity index (χ0v) is 17.2. The molecule has 144 valence electrons. The van der Waals surface area contributed by atoms with Gasteiger partial charge in [-0.3, -0.25) is 9.69 Å². The average Bonchev–Trinajstić information content (AvgIpc) is 2.94. The third kappa shape index (κ3) is 4.43. The second-order valence-electron chi connectivity index (χ2n) is 6.58. The van der Waals surface area contributed by atoms with Crippen molar-refractivity contribution in [1.29, 1.82) is 0 Å². The minimum absolute atomic E-state index is 0.202. The molecule has 3 rings (SSSR count). The molecule has 1 atom stereocenters. The van der Waals surface area contributed by atoms with Crippen LogP contribution in [0.5, 0.6) is 0 Å². The summed E-state index contributed by atoms with van der Waals surface area (Å²) < 4.78 is 0.268. The minimum atomic E-state index is -1.07. The van der Waals surface area contributed by atoms with Crippen LogP contribution in [0.25, 0.3) is 6.08 Å². The number of thiocarbonyl (C=S) groups is 1. The van der Waals surface area contributed by atoms with Crippen LogP contribution in [-0.4, -0.2) is 46.3 Å². The maximum atomic E-state index is 12.9. The van der Waals surface area contributed by atoms with Crippen LogP contribution in [0.1, 0.15) is 11.1 Å². The molecule has 0 radical (unpaired) electrons. The summed E-state index contributed by atoms with van der Waals surface area (Å²) in [5, 5.41) is 9.70. The van der Waals surface area contributed by atoms with Gasteiger partial charge in [0.2, 0.25) is 0 Å². The summed E-state index contributed by atoms with van der Waals surface area (Å²) in [6.07, 6.45) is 1.95. The van der Waals surface area contributed by atoms with Gasteiger partial charge in [0.15, 0.2) is 0 Å². The number of benzene rings is 2. The summed E-state index contributed by atoms with van der Waals surface area (Å²) >= 11 is 6.47. The number of rotatable bonds is 6. The van der Waals surface area contributed by atoms with Gasteiger partial charge in [0.05, 0.1) is 4.91 Å². The first-order valence-electron chi connectivity index (χ1n) is 8.68. The first kappa shape index (κ1) is 20.1. The van der Waals surface area contributed by atoms with Gasteiger partial charge in [0.1, 0.15) is 10.4 Å². The van der Waals surface area contributed by atoms with Crippen molar-refractivity contribution in [1.82, 2.24) is 4.90 Å². The number of amides is 1. The van der Waals surface area contributed by atoms with Crippen LogP contribution in [0.15, 0.2) is 59.5 Å². The lowest BCUT2D eigenvalue weighted by molar-refractivity contribution is -0.145. The van der Waals surface area contributed by atoms with Crippen LogP contribution < -0.4 is 4.90 Å². The van der Waals surface area contributed by atoms with Crippen LogP contribution in [0.2, 0.25) is 0 Å². The van der Waals surface area contributed by atoms with Crippen molar-refractivity contribution in [3.63, 3.8) is 0 Å². The number of carbonyl (C=O) groups is 2. The predicted molar refractivity (Wildman–Crippen MR) is 117 cm³/mol. The normalized spacial score (nSPS) is 16.5. The van der Waals surface area contributed by atoms with Gasteiger partial charge in [0.25, 0.3) is 5.91 Å². The maximum absolute atomic E-state index is 12.9. The summed E-state index contributed by atoms with van der Waals surface area (Å²) in [6.45, 7) is 0. The highest BCUT2D eigenvalue weighted by Crippen LogP contribution is 2.35. The monoisotopic (exact) mass is 412 g/mol. The van der Waals surface area contributed by atoms with Crippen LogP contribution in [-0.2, 0) is 16.0 Å². The largest absolute Gasteiger partial charge is 0.480 e. The second kappa shape index (κ2) is 8.58. The Balaban J connectivity index is 1.84. The molecule has 1 N–H and O–H groups in total. The van der Waals surface area contributed by atoms with Crippen molar-refractivity contribution in [2.45, 2.75) is 12.5 Å². The minimum Gasteiger partial charge on any atom is -0.480 e. The van der Waals surface area contributed by atoms with Crippen LogP contribution in [0, 0.1) is 0 Å². The fraction of sp³-hybridized carbons (Fsp3) is 0.190. The third-order valence-electron chi connectivity index (χ3n) is 4.40. The molecule has 7 heteroatoms. The Morgan fingerprint density at radius 3 is 2.39 bits per heavy atom. The van der Waals surface area contributed by atoms with E-state index in [9.17, 15) is 14.7 Å². The van der Waals surface area contributed by atoms with Crippen molar-refractivity contribution < 1.29 is 14.7 Å². The van der Waals surface area contributed by atoms with E-state index in [0.717, 1.165) is 28.6 Å². The molecule has 1 heterocycles. The number of thioether (sulfide) groups is 1. The molecule has 1 saturated heterocycles. The number of carboxylic acids is 1. The summed E-state index contributed by atoms with van der Waals surface area (Å²) in [4.78, 5) is 28.4. The van der Waals surface area contributed by atoms with E-state index in [1.54, 1.807) is 6.08 Å². The number of nitrogens with zero attached hydrogens (tertiary/aromatic N) is 2. The van der Waals surface area contributed by atoms with Crippen molar-refractivity contribution in [2.24, 2.45) is 0 Å². The highest BCUT2D eigenvalue weighted by atomic mass is 32.2. The molecular weight excluding hydrogens is 392 g/mol. The lowest BCUT2D eigenvalue weighted by Gasteiger charge is -2.23. The van der Waals surface area contributed by atoms with Crippen LogP contribution in [0.3, 0.4) is 0 Å². The number of hydrogen-bond donors (Lipinski definition) is 1. The SMILES string of the molecule is CN(C)c1ccc(/C=C2/SC(=S)N([C@H](Cc3ccccc3)C(=O)O)C2=O)cc1. The molecule has 0 aliphatic carbocycles. The Bertz CT molecular complexity index is 924. The average molecular weight is 413 g/mol. The molecule has 2 aromatic rings. The fourth-order valence-corrected chi connectivity index (χ4v) is 4.25. The van der Waals surface area contributed by atoms with Gasteiger partial charge in [-0.2, -0.15) is 0 Å². The molecule has 1 aliphatic heterocycles. The van der Waals surface area contributed by atoms with Crippen molar-refractivity contribution in [2.75, 3.05) is 19.0 Å². The van der Waals surface area contributed by atoms with Crippen molar-refractivity contribution >= 4 is 51.9 Å². The zero-order chi connectivity index (χ0) is 20.3. The molecular formula is C21H20N2O3S2. The van der Waals surface area contributed by atoms with E-state index in [4.69, 9.17) is 12.2 Å². The smallest absolute Gasteiger partial charge is 0.327 e. The highest BCUT2D eigenvalue weighted by Gasteiger charge is 2.40. The van der Waals surface area contributed by atoms with Crippen LogP contribution >= 0.6 is 24.0 Å². The molecule has 0 saturated carbocycles. The van der Waals surface area contributed by atoms with E-state index < -0.39 is 12.0 Å². The van der Waals surface area contributed by atoms with E-state index >= 15 is 0 Å². The molecule has 1 aliphatic rings. The molecule has 28 heavy (non-hydrogen) atoms. The van der Waals surface area contributed by atoms with Gasteiger partial charge in [0, 0.05) is 26.2 Å². The van der Waals surface area contributed by atoms with Gasteiger partial charge in [-0.05, 0) is 29.3 Å². The van der Waals surface area contributed by atoms with Gasteiger partial charge >= 0.3 is 5.97 Å². The molecule has 2 aromatic carbocycles. The Kier molecular flexibility index (Phi) is 6.16. The Hall–Kier alpha value is -2.64. The van der Waals surface area contributed by atoms with Crippen molar-refractivity contribution in [3.05, 3.63) is 70.6 Å². The lowest BCUT2D eigenvalue weighted by atomic mass is 10.0. The zero-order valence-electron chi connectivity index (χ0n) is 15.5. The van der Waals surface area contributed by atoms with Gasteiger partial charge < -0.3 is 10.0 Å². The van der Waals surface area contributed by atoms with E-state index in [2.05, 4.69) is 0 Å². The number of hydrogen-bond acceptors (Lipinski definition) is 5. The Labute approximate surface area is 173 Å². The van der Waals surface area contributed by atoms with Gasteiger partial charge in [-0.1, -0.05) is 66.4 Å². The maximum Gasteiger partial charge on any atom is 0.327 e. The predicted octanol–water partition coefficient (Wildman–Crippen LogP) is 3.65. The summed E-state index contributed by atoms with van der Waals surface area (Å²) in [5.41, 5.74) is 2.76. The van der Waals surface area contributed by atoms with E-state index in [-0.39, 0.29) is 16.6 Å².